The summed E-state index contributed by atoms with van der Waals surface area (Å²) in [6.45, 7) is 0. The van der Waals surface area contributed by atoms with Crippen molar-refractivity contribution < 1.29 is 0 Å². The fourth-order valence-electron chi connectivity index (χ4n) is 11.0. The van der Waals surface area contributed by atoms with E-state index in [1.807, 2.05) is 12.1 Å². The smallest absolute Gasteiger partial charge is 0.220 e. The number of hydrogen-bond acceptors (Lipinski definition) is 3. The van der Waals surface area contributed by atoms with E-state index in [2.05, 4.69) is 282 Å². The van der Waals surface area contributed by atoms with Gasteiger partial charge in [-0.3, -0.25) is 8.97 Å². The maximum Gasteiger partial charge on any atom is 0.220 e. The van der Waals surface area contributed by atoms with Gasteiger partial charge in [0.15, 0.2) is 5.82 Å². The summed E-state index contributed by atoms with van der Waals surface area (Å²) in [5.41, 5.74) is 23.1. The maximum absolute atomic E-state index is 5.58. The van der Waals surface area contributed by atoms with Crippen molar-refractivity contribution in [2.24, 2.45) is 0 Å². The number of para-hydroxylation sites is 1. The van der Waals surface area contributed by atoms with Crippen molar-refractivity contribution in [3.05, 3.63) is 285 Å². The van der Waals surface area contributed by atoms with Gasteiger partial charge >= 0.3 is 0 Å². The topological polar surface area (TPSA) is 48.0 Å². The molecule has 0 spiro atoms. The number of aromatic nitrogens is 5. The van der Waals surface area contributed by atoms with Crippen LogP contribution < -0.4 is 0 Å². The van der Waals surface area contributed by atoms with Crippen LogP contribution in [0.25, 0.3) is 134 Å². The number of rotatable bonds is 10. The predicted molar refractivity (Wildman–Crippen MR) is 314 cm³/mol. The highest BCUT2D eigenvalue weighted by Crippen LogP contribution is 2.46. The van der Waals surface area contributed by atoms with Gasteiger partial charge in [0.25, 0.3) is 0 Å². The second-order valence-corrected chi connectivity index (χ2v) is 19.2. The second kappa shape index (κ2) is 19.0. The lowest BCUT2D eigenvalue weighted by molar-refractivity contribution is 1.11. The van der Waals surface area contributed by atoms with E-state index in [9.17, 15) is 0 Å². The average Bonchev–Trinajstić information content (AvgIpc) is 4.18. The molecule has 3 aromatic heterocycles. The van der Waals surface area contributed by atoms with Crippen LogP contribution in [0.15, 0.2) is 285 Å². The molecule has 14 rings (SSSR count). The Labute approximate surface area is 441 Å². The molecule has 0 amide bonds. The molecule has 0 bridgehead atoms. The summed E-state index contributed by atoms with van der Waals surface area (Å²) in [4.78, 5) is 16.3. The van der Waals surface area contributed by atoms with Crippen molar-refractivity contribution in [3.63, 3.8) is 0 Å². The van der Waals surface area contributed by atoms with Crippen molar-refractivity contribution in [3.8, 4) is 106 Å². The van der Waals surface area contributed by atoms with Crippen LogP contribution in [-0.2, 0) is 0 Å². The van der Waals surface area contributed by atoms with E-state index in [4.69, 9.17) is 15.0 Å². The van der Waals surface area contributed by atoms with Crippen LogP contribution in [0.5, 0.6) is 0 Å². The predicted octanol–water partition coefficient (Wildman–Crippen LogP) is 18.2. The number of benzene rings is 11. The van der Waals surface area contributed by atoms with Gasteiger partial charge in [-0.05, 0) is 98.1 Å². The zero-order valence-electron chi connectivity index (χ0n) is 41.4. The largest absolute Gasteiger partial charge is 0.277 e. The fourth-order valence-corrected chi connectivity index (χ4v) is 11.0. The summed E-state index contributed by atoms with van der Waals surface area (Å²) < 4.78 is 4.77. The third-order valence-corrected chi connectivity index (χ3v) is 14.6. The average molecular weight is 970 g/mol. The van der Waals surface area contributed by atoms with Crippen LogP contribution in [0, 0.1) is 0 Å². The van der Waals surface area contributed by atoms with Crippen LogP contribution in [0.1, 0.15) is 0 Å². The molecule has 0 aliphatic carbocycles. The molecule has 0 aliphatic rings. The summed E-state index contributed by atoms with van der Waals surface area (Å²) in [6, 6.07) is 101. The number of imidazole rings is 2. The lowest BCUT2D eigenvalue weighted by atomic mass is 9.85. The Morgan fingerprint density at radius 2 is 0.671 bits per heavy atom. The van der Waals surface area contributed by atoms with Crippen molar-refractivity contribution >= 4 is 27.8 Å². The van der Waals surface area contributed by atoms with E-state index < -0.39 is 0 Å². The van der Waals surface area contributed by atoms with Crippen molar-refractivity contribution in [1.82, 2.24) is 23.9 Å². The normalized spacial score (nSPS) is 11.4. The van der Waals surface area contributed by atoms with Crippen LogP contribution >= 0.6 is 0 Å². The molecular formula is C71H47N5. The molecular weight excluding hydrogens is 923 g/mol. The number of fused-ring (bicyclic) bond motifs is 5. The highest BCUT2D eigenvalue weighted by molar-refractivity contribution is 6.03. The second-order valence-electron chi connectivity index (χ2n) is 19.2. The third kappa shape index (κ3) is 7.95. The molecule has 5 nitrogen and oxygen atoms in total. The molecule has 356 valence electrons. The molecule has 0 radical (unpaired) electrons. The van der Waals surface area contributed by atoms with E-state index in [1.165, 1.54) is 0 Å². The minimum atomic E-state index is 0.653. The van der Waals surface area contributed by atoms with Gasteiger partial charge < -0.3 is 0 Å². The van der Waals surface area contributed by atoms with E-state index in [0.717, 1.165) is 128 Å². The molecule has 0 aliphatic heterocycles. The lowest BCUT2D eigenvalue weighted by Crippen LogP contribution is -2.01. The van der Waals surface area contributed by atoms with E-state index in [0.29, 0.717) is 5.82 Å². The molecule has 14 aromatic rings. The molecule has 76 heavy (non-hydrogen) atoms. The van der Waals surface area contributed by atoms with E-state index >= 15 is 0 Å². The zero-order valence-corrected chi connectivity index (χ0v) is 41.4. The Hall–Kier alpha value is -10.2. The van der Waals surface area contributed by atoms with Gasteiger partial charge in [0.2, 0.25) is 5.78 Å². The maximum atomic E-state index is 5.58. The Balaban J connectivity index is 1.08. The van der Waals surface area contributed by atoms with E-state index in [1.54, 1.807) is 0 Å². The summed E-state index contributed by atoms with van der Waals surface area (Å²) in [6.07, 6.45) is 0. The highest BCUT2D eigenvalue weighted by atomic mass is 15.2. The summed E-state index contributed by atoms with van der Waals surface area (Å²) in [5, 5.41) is 0. The Morgan fingerprint density at radius 1 is 0.250 bits per heavy atom. The summed E-state index contributed by atoms with van der Waals surface area (Å²) in [7, 11) is 0. The van der Waals surface area contributed by atoms with Crippen LogP contribution in [-0.4, -0.2) is 23.9 Å². The molecule has 0 N–H and O–H groups in total. The van der Waals surface area contributed by atoms with Gasteiger partial charge in [0.05, 0.1) is 39.1 Å². The van der Waals surface area contributed by atoms with Gasteiger partial charge in [-0.25, -0.2) is 15.0 Å². The molecule has 11 aromatic carbocycles. The lowest BCUT2D eigenvalue weighted by Gasteiger charge is -2.20. The Morgan fingerprint density at radius 3 is 1.16 bits per heavy atom. The van der Waals surface area contributed by atoms with Crippen LogP contribution in [0.3, 0.4) is 0 Å². The quantitative estimate of drug-likeness (QED) is 0.137. The minimum absolute atomic E-state index is 0.653. The van der Waals surface area contributed by atoms with Gasteiger partial charge in [-0.1, -0.05) is 243 Å². The van der Waals surface area contributed by atoms with Gasteiger partial charge in [0, 0.05) is 27.8 Å². The van der Waals surface area contributed by atoms with Crippen molar-refractivity contribution in [2.45, 2.75) is 0 Å². The van der Waals surface area contributed by atoms with Crippen LogP contribution in [0.4, 0.5) is 0 Å². The van der Waals surface area contributed by atoms with Gasteiger partial charge in [-0.15, -0.1) is 0 Å². The van der Waals surface area contributed by atoms with Crippen molar-refractivity contribution in [1.29, 1.82) is 0 Å². The monoisotopic (exact) mass is 969 g/mol. The molecule has 5 heteroatoms. The first-order valence-corrected chi connectivity index (χ1v) is 25.8. The molecule has 3 heterocycles. The molecule has 0 atom stereocenters. The van der Waals surface area contributed by atoms with Crippen molar-refractivity contribution in [2.75, 3.05) is 0 Å². The molecule has 0 saturated heterocycles. The first-order valence-electron chi connectivity index (χ1n) is 25.8. The first kappa shape index (κ1) is 44.5. The third-order valence-electron chi connectivity index (χ3n) is 14.6. The number of hydrogen-bond donors (Lipinski definition) is 0. The van der Waals surface area contributed by atoms with Crippen LogP contribution in [0.2, 0.25) is 0 Å². The molecule has 0 saturated carbocycles. The molecule has 0 unspecified atom stereocenters. The number of nitrogens with zero attached hydrogens (tertiary/aromatic N) is 5. The Bertz CT molecular complexity index is 4220. The summed E-state index contributed by atoms with van der Waals surface area (Å²) in [5.74, 6) is 1.49. The summed E-state index contributed by atoms with van der Waals surface area (Å²) >= 11 is 0. The molecule has 0 fully saturated rings. The SMILES string of the molecule is c1ccc(-c2ccc3nc4n(-c5c(-c6ccccc6)cccc5-c5ccccc5)c5ccc(-c6c(-c7ccccc7)cc(-c7nc(-c8ccccc8)cc(-c8ccccc8)n7)cc6-c6ccccc6)cc5n4c3c2)cc1. The first-order chi connectivity index (χ1) is 37.7. The Kier molecular flexibility index (Phi) is 11.1. The fraction of sp³-hybridized carbons (Fsp3) is 0. The minimum Gasteiger partial charge on any atom is -0.277 e. The van der Waals surface area contributed by atoms with Gasteiger partial charge in [0.1, 0.15) is 0 Å². The van der Waals surface area contributed by atoms with Gasteiger partial charge in [-0.2, -0.15) is 0 Å². The highest BCUT2D eigenvalue weighted by Gasteiger charge is 2.26. The van der Waals surface area contributed by atoms with E-state index in [-0.39, 0.29) is 0 Å². The zero-order chi connectivity index (χ0) is 50.4. The standard InChI is InChI=1S/C71H47N5/c1-8-23-48(24-9-1)55-39-41-62-66(45-55)75-67-46-56(40-42-65(67)76(71(75)74-62)69-58(49-25-10-2-11-26-49)37-22-38-59(69)50-27-12-3-13-28-50)68-60(51-29-14-4-15-30-51)43-57(44-61(68)52-31-16-5-17-32-52)70-72-63(53-33-18-6-19-34-53)47-64(73-70)54-35-20-7-21-36-54/h1-47H.